The van der Waals surface area contributed by atoms with Gasteiger partial charge in [-0.1, -0.05) is 309 Å². The summed E-state index contributed by atoms with van der Waals surface area (Å²) in [5, 5.41) is 13.9. The predicted molar refractivity (Wildman–Crippen MR) is 622 cm³/mol. The molecule has 0 spiro atoms. The molecule has 0 N–H and O–H groups in total. The summed E-state index contributed by atoms with van der Waals surface area (Å²) in [7, 11) is 0. The lowest BCUT2D eigenvalue weighted by atomic mass is 9.95. The maximum Gasteiger partial charge on any atom is 0.161 e. The van der Waals surface area contributed by atoms with Crippen molar-refractivity contribution in [3.05, 3.63) is 492 Å². The van der Waals surface area contributed by atoms with Gasteiger partial charge in [0, 0.05) is 195 Å². The van der Waals surface area contributed by atoms with E-state index in [9.17, 15) is 0 Å². The number of pyridine rings is 3. The number of hydrogen-bond donors (Lipinski definition) is 0. The summed E-state index contributed by atoms with van der Waals surface area (Å²) in [5.74, 6) is 1.97. The summed E-state index contributed by atoms with van der Waals surface area (Å²) in [6, 6.07) is 164. The van der Waals surface area contributed by atoms with E-state index in [1.165, 1.54) is 60.5 Å². The number of nitrogens with zero attached hydrogens (tertiary/aromatic N) is 9. The maximum absolute atomic E-state index is 6.73. The molecule has 0 bridgehead atoms. The number of rotatable bonds is 15. The van der Waals surface area contributed by atoms with Crippen LogP contribution in [-0.2, 0) is 0 Å². The predicted octanol–water partition coefficient (Wildman–Crippen LogP) is 37.4. The van der Waals surface area contributed by atoms with Gasteiger partial charge in [0.15, 0.2) is 17.5 Å². The fourth-order valence-corrected chi connectivity index (χ4v) is 24.2. The molecular weight excluding hydrogens is 1890 g/mol. The van der Waals surface area contributed by atoms with Gasteiger partial charge in [-0.2, -0.15) is 0 Å². The zero-order chi connectivity index (χ0) is 99.1. The number of thiophene rings is 3. The summed E-state index contributed by atoms with van der Waals surface area (Å²) in [4.78, 5) is 44.9. The largest absolute Gasteiger partial charge is 0.455 e. The second kappa shape index (κ2) is 37.7. The molecule has 0 fully saturated rings. The molecule has 0 saturated carbocycles. The number of para-hydroxylation sites is 3. The Morgan fingerprint density at radius 3 is 0.793 bits per heavy atom. The Balaban J connectivity index is 0.000000108. The molecule has 0 unspecified atom stereocenters. The summed E-state index contributed by atoms with van der Waals surface area (Å²) in [6.07, 6.45) is 5.46. The van der Waals surface area contributed by atoms with Gasteiger partial charge < -0.3 is 13.3 Å². The second-order valence-electron chi connectivity index (χ2n) is 37.2. The van der Waals surface area contributed by atoms with E-state index in [1.54, 1.807) is 0 Å². The molecule has 150 heavy (non-hydrogen) atoms. The molecule has 0 amide bonds. The molecule has 0 aliphatic rings. The summed E-state index contributed by atoms with van der Waals surface area (Å²) in [6.45, 7) is 0. The van der Waals surface area contributed by atoms with Crippen molar-refractivity contribution in [3.8, 4) is 169 Å². The van der Waals surface area contributed by atoms with Gasteiger partial charge >= 0.3 is 0 Å². The Morgan fingerprint density at radius 2 is 0.407 bits per heavy atom. The molecule has 0 saturated heterocycles. The molecule has 12 nitrogen and oxygen atoms in total. The molecule has 12 heterocycles. The van der Waals surface area contributed by atoms with E-state index in [1.807, 2.05) is 198 Å². The highest BCUT2D eigenvalue weighted by Crippen LogP contribution is 2.51. The molecule has 0 aliphatic heterocycles. The van der Waals surface area contributed by atoms with Crippen LogP contribution in [0.5, 0.6) is 0 Å². The topological polar surface area (TPSA) is 155 Å². The summed E-state index contributed by atoms with van der Waals surface area (Å²) >= 11 is 5.49. The minimum Gasteiger partial charge on any atom is -0.455 e. The first-order valence-corrected chi connectivity index (χ1v) is 52.2. The van der Waals surface area contributed by atoms with Gasteiger partial charge in [0.2, 0.25) is 0 Å². The van der Waals surface area contributed by atoms with E-state index >= 15 is 0 Å². The van der Waals surface area contributed by atoms with Crippen molar-refractivity contribution in [2.24, 2.45) is 0 Å². The number of fused-ring (bicyclic) bond motifs is 18. The average Bonchev–Trinajstić information content (AvgIpc) is 1.58. The zero-order valence-electron chi connectivity index (χ0n) is 80.2. The number of benzene rings is 18. The number of hydrogen-bond acceptors (Lipinski definition) is 15. The van der Waals surface area contributed by atoms with Gasteiger partial charge in [-0.15, -0.1) is 34.0 Å². The standard InChI is InChI=1S/3C45H27N3OS/c1-2-11-28(12-3-1)45-47-38(31-14-10-13-30(25-31)37-17-8-9-24-46-37)27-39(48-45)34-22-21-32(44-43(34)35-16-4-6-18-40(35)49-44)29-20-23-42-36(26-29)33-15-5-7-19-41(33)50-42;1-2-11-28(12-3-1)38-27-39(31-14-10-13-30(25-31)37-17-8-9-24-46-37)48-45(47-38)35-22-21-32(44-43(35)34-16-4-6-18-40(34)49-44)29-20-23-42-36(26-29)33-15-5-7-19-41(33)50-42;1-2-10-28(11-3-1)38-27-39(48-45(47-38)30-19-17-29(18-20-30)37-14-8-9-25-46-37)34-23-22-32(44-43(34)35-13-4-6-15-40(35)49-44)31-21-24-42-36(26-31)33-12-5-7-16-41(33)50-42/h3*1-27H. The van der Waals surface area contributed by atoms with Crippen molar-refractivity contribution in [1.29, 1.82) is 0 Å². The highest BCUT2D eigenvalue weighted by atomic mass is 32.1. The highest BCUT2D eigenvalue weighted by molar-refractivity contribution is 7.26. The minimum atomic E-state index is 0.645. The van der Waals surface area contributed by atoms with Crippen LogP contribution in [0.2, 0.25) is 0 Å². The highest BCUT2D eigenvalue weighted by Gasteiger charge is 2.27. The van der Waals surface area contributed by atoms with Gasteiger partial charge in [-0.05, 0) is 180 Å². The van der Waals surface area contributed by atoms with E-state index < -0.39 is 0 Å². The van der Waals surface area contributed by atoms with Gasteiger partial charge in [0.05, 0.1) is 51.2 Å². The Morgan fingerprint density at radius 1 is 0.147 bits per heavy atom. The van der Waals surface area contributed by atoms with Gasteiger partial charge in [0.25, 0.3) is 0 Å². The van der Waals surface area contributed by atoms with Crippen LogP contribution in [0.25, 0.3) is 295 Å². The third kappa shape index (κ3) is 16.3. The Labute approximate surface area is 872 Å². The van der Waals surface area contributed by atoms with Crippen LogP contribution < -0.4 is 0 Å². The van der Waals surface area contributed by atoms with Crippen molar-refractivity contribution in [2.45, 2.75) is 0 Å². The third-order valence-corrected chi connectivity index (χ3v) is 31.6. The smallest absolute Gasteiger partial charge is 0.161 e. The van der Waals surface area contributed by atoms with Crippen LogP contribution in [0.1, 0.15) is 0 Å². The van der Waals surface area contributed by atoms with E-state index in [2.05, 4.69) is 343 Å². The quantitative estimate of drug-likeness (QED) is 0.0959. The molecule has 12 aromatic heterocycles. The second-order valence-corrected chi connectivity index (χ2v) is 40.4. The normalized spacial score (nSPS) is 11.6. The summed E-state index contributed by atoms with van der Waals surface area (Å²) < 4.78 is 27.9. The van der Waals surface area contributed by atoms with E-state index in [0.717, 1.165) is 217 Å². The van der Waals surface area contributed by atoms with Crippen molar-refractivity contribution in [2.75, 3.05) is 0 Å². The first-order chi connectivity index (χ1) is 74.3. The number of aromatic nitrogens is 9. The fourth-order valence-electron chi connectivity index (χ4n) is 20.9. The zero-order valence-corrected chi connectivity index (χ0v) is 82.7. The molecular formula is C135H81N9O3S3. The van der Waals surface area contributed by atoms with Crippen LogP contribution in [0.15, 0.2) is 505 Å². The van der Waals surface area contributed by atoms with Crippen molar-refractivity contribution >= 4 is 160 Å². The first kappa shape index (κ1) is 88.4. The average molecular weight is 1970 g/mol. The lowest BCUT2D eigenvalue weighted by molar-refractivity contribution is 0.669. The van der Waals surface area contributed by atoms with Gasteiger partial charge in [-0.3, -0.25) is 15.0 Å². The monoisotopic (exact) mass is 1970 g/mol. The Hall–Kier alpha value is -19.3. The van der Waals surface area contributed by atoms with Crippen LogP contribution in [0.4, 0.5) is 0 Å². The molecule has 0 radical (unpaired) electrons. The summed E-state index contributed by atoms with van der Waals surface area (Å²) in [5.41, 5.74) is 31.4. The molecule has 702 valence electrons. The lowest BCUT2D eigenvalue weighted by Crippen LogP contribution is -1.97. The Bertz CT molecular complexity index is 10100. The molecule has 18 aromatic carbocycles. The van der Waals surface area contributed by atoms with Crippen LogP contribution in [-0.4, -0.2) is 44.9 Å². The van der Waals surface area contributed by atoms with E-state index in [-0.39, 0.29) is 0 Å². The lowest BCUT2D eigenvalue weighted by Gasteiger charge is -2.12. The SMILES string of the molecule is c1ccc(-c2cc(-c3ccc(-c4ccc5sc6ccccc6c5c4)c4oc5ccccc5c34)nc(-c3ccc(-c4ccccn4)cc3)n2)cc1.c1ccc(-c2cc(-c3cccc(-c4ccccn4)c3)nc(-c3ccc(-c4ccc5sc6ccccc6c5c4)c4oc5ccccc5c34)n2)cc1.c1ccc(-c2nc(-c3cccc(-c4ccccn4)c3)cc(-c3ccc(-c4ccc5sc6ccccc6c5c4)c4oc5ccccc5c34)n2)cc1. The van der Waals surface area contributed by atoms with Crippen molar-refractivity contribution in [1.82, 2.24) is 44.9 Å². The molecule has 0 atom stereocenters. The number of furan rings is 3. The van der Waals surface area contributed by atoms with E-state index in [0.29, 0.717) is 17.5 Å². The Kier molecular flexibility index (Phi) is 22.2. The van der Waals surface area contributed by atoms with Gasteiger partial charge in [-0.25, -0.2) is 29.9 Å². The van der Waals surface area contributed by atoms with Crippen LogP contribution in [0, 0.1) is 0 Å². The van der Waals surface area contributed by atoms with Gasteiger partial charge in [0.1, 0.15) is 33.5 Å². The molecule has 30 aromatic rings. The third-order valence-electron chi connectivity index (χ3n) is 28.1. The minimum absolute atomic E-state index is 0.645. The van der Waals surface area contributed by atoms with Crippen LogP contribution >= 0.6 is 34.0 Å². The first-order valence-electron chi connectivity index (χ1n) is 49.8. The molecule has 30 rings (SSSR count). The van der Waals surface area contributed by atoms with E-state index in [4.69, 9.17) is 43.2 Å². The molecule has 0 aliphatic carbocycles. The van der Waals surface area contributed by atoms with Crippen molar-refractivity contribution < 1.29 is 13.3 Å². The molecule has 15 heteroatoms. The van der Waals surface area contributed by atoms with Crippen molar-refractivity contribution in [3.63, 3.8) is 0 Å². The maximum atomic E-state index is 6.73. The van der Waals surface area contributed by atoms with Crippen LogP contribution in [0.3, 0.4) is 0 Å². The fraction of sp³-hybridized carbons (Fsp3) is 0.